The first-order chi connectivity index (χ1) is 16.3. The predicted molar refractivity (Wildman–Crippen MR) is 115 cm³/mol. The van der Waals surface area contributed by atoms with Crippen LogP contribution in [0.4, 0.5) is 11.9 Å². The Hall–Kier alpha value is -3.34. The van der Waals surface area contributed by atoms with E-state index in [1.165, 1.54) is 0 Å². The summed E-state index contributed by atoms with van der Waals surface area (Å²) < 4.78 is 21.3. The SMILES string of the molecule is O=C(O)CNc1nc(Cl)nc(OCCOCCOCCOc2nc(Cl)nc(NCC(=O)O)n2)n1. The van der Waals surface area contributed by atoms with Crippen molar-refractivity contribution in [3.63, 3.8) is 0 Å². The average molecular weight is 523 g/mol. The number of carboxylic acid groups (broad SMARTS) is 2. The molecule has 0 amide bonds. The van der Waals surface area contributed by atoms with Crippen molar-refractivity contribution in [1.29, 1.82) is 0 Å². The average Bonchev–Trinajstić information content (AvgIpc) is 2.77. The molecule has 2 heterocycles. The van der Waals surface area contributed by atoms with Gasteiger partial charge >= 0.3 is 24.0 Å². The molecule has 0 bridgehead atoms. The summed E-state index contributed by atoms with van der Waals surface area (Å²) in [5.41, 5.74) is 0. The summed E-state index contributed by atoms with van der Waals surface area (Å²) in [4.78, 5) is 43.9. The van der Waals surface area contributed by atoms with Crippen LogP contribution in [0.25, 0.3) is 0 Å². The van der Waals surface area contributed by atoms with Crippen LogP contribution in [0.15, 0.2) is 0 Å². The first kappa shape index (κ1) is 26.9. The molecule has 0 saturated carbocycles. The van der Waals surface area contributed by atoms with Crippen molar-refractivity contribution in [2.75, 3.05) is 63.4 Å². The Morgan fingerprint density at radius 2 is 1.03 bits per heavy atom. The lowest BCUT2D eigenvalue weighted by Gasteiger charge is -2.09. The third-order valence-electron chi connectivity index (χ3n) is 3.26. The molecule has 2 aromatic heterocycles. The zero-order valence-corrected chi connectivity index (χ0v) is 19.0. The number of carboxylic acids is 2. The Morgan fingerprint density at radius 1 is 0.647 bits per heavy atom. The topological polar surface area (TPSA) is 213 Å². The number of ether oxygens (including phenoxy) is 4. The number of nitrogens with one attached hydrogen (secondary N) is 2. The molecule has 0 radical (unpaired) electrons. The molecule has 16 nitrogen and oxygen atoms in total. The molecule has 0 aliphatic rings. The van der Waals surface area contributed by atoms with Crippen molar-refractivity contribution in [3.8, 4) is 12.0 Å². The van der Waals surface area contributed by atoms with Gasteiger partial charge in [-0.1, -0.05) is 0 Å². The maximum absolute atomic E-state index is 10.6. The standard InChI is InChI=1S/C16H20Cl2N8O8/c17-11-21-13(19-7-9(27)28)25-15(23-11)33-5-3-31-1-2-32-4-6-34-16-24-12(18)22-14(26-16)20-8-10(29)30/h1-8H2,(H,27,28)(H,29,30)(H,19,21,23,25)(H,20,22,24,26). The second-order valence-corrected chi connectivity index (χ2v) is 6.51. The van der Waals surface area contributed by atoms with Crippen LogP contribution in [0, 0.1) is 0 Å². The lowest BCUT2D eigenvalue weighted by Crippen LogP contribution is -2.17. The van der Waals surface area contributed by atoms with Crippen LogP contribution in [0.3, 0.4) is 0 Å². The van der Waals surface area contributed by atoms with Gasteiger partial charge < -0.3 is 39.8 Å². The number of rotatable bonds is 17. The van der Waals surface area contributed by atoms with E-state index in [0.717, 1.165) is 0 Å². The Balaban J connectivity index is 1.55. The number of hydrogen-bond acceptors (Lipinski definition) is 14. The fourth-order valence-electron chi connectivity index (χ4n) is 1.97. The molecule has 2 aromatic rings. The van der Waals surface area contributed by atoms with Crippen LogP contribution in [-0.2, 0) is 19.1 Å². The molecule has 0 atom stereocenters. The van der Waals surface area contributed by atoms with E-state index in [2.05, 4.69) is 40.5 Å². The van der Waals surface area contributed by atoms with Gasteiger partial charge in [0, 0.05) is 0 Å². The molecule has 0 aliphatic heterocycles. The minimum Gasteiger partial charge on any atom is -0.480 e. The highest BCUT2D eigenvalue weighted by Crippen LogP contribution is 2.12. The quantitative estimate of drug-likeness (QED) is 0.198. The highest BCUT2D eigenvalue weighted by atomic mass is 35.5. The Labute approximate surface area is 202 Å². The van der Waals surface area contributed by atoms with Crippen molar-refractivity contribution in [1.82, 2.24) is 29.9 Å². The van der Waals surface area contributed by atoms with Crippen LogP contribution in [0.2, 0.25) is 10.6 Å². The molecular formula is C16H20Cl2N8O8. The normalized spacial score (nSPS) is 10.5. The van der Waals surface area contributed by atoms with Crippen LogP contribution < -0.4 is 20.1 Å². The molecule has 18 heteroatoms. The predicted octanol–water partition coefficient (Wildman–Crippen LogP) is -0.153. The maximum atomic E-state index is 10.6. The van der Waals surface area contributed by atoms with Gasteiger partial charge in [-0.05, 0) is 23.2 Å². The van der Waals surface area contributed by atoms with Crippen molar-refractivity contribution in [2.24, 2.45) is 0 Å². The summed E-state index contributed by atoms with van der Waals surface area (Å²) in [5, 5.41) is 21.9. The maximum Gasteiger partial charge on any atom is 0.322 e. The Kier molecular flexibility index (Phi) is 11.7. The fraction of sp³-hybridized carbons (Fsp3) is 0.500. The minimum absolute atomic E-state index is 0.0267. The number of aromatic nitrogens is 6. The van der Waals surface area contributed by atoms with Gasteiger partial charge in [0.15, 0.2) is 0 Å². The Bertz CT molecular complexity index is 882. The highest BCUT2D eigenvalue weighted by Gasteiger charge is 2.08. The van der Waals surface area contributed by atoms with Crippen molar-refractivity contribution in [3.05, 3.63) is 10.6 Å². The summed E-state index contributed by atoms with van der Waals surface area (Å²) in [7, 11) is 0. The first-order valence-electron chi connectivity index (χ1n) is 9.47. The van der Waals surface area contributed by atoms with Gasteiger partial charge in [0.2, 0.25) is 22.5 Å². The molecule has 0 aromatic carbocycles. The van der Waals surface area contributed by atoms with Gasteiger partial charge in [-0.15, -0.1) is 0 Å². The van der Waals surface area contributed by atoms with E-state index < -0.39 is 11.9 Å². The first-order valence-corrected chi connectivity index (χ1v) is 10.2. The number of halogens is 2. The number of nitrogens with zero attached hydrogens (tertiary/aromatic N) is 6. The van der Waals surface area contributed by atoms with Gasteiger partial charge in [-0.2, -0.15) is 29.9 Å². The van der Waals surface area contributed by atoms with Gasteiger partial charge in [-0.25, -0.2) is 0 Å². The molecule has 0 aliphatic carbocycles. The van der Waals surface area contributed by atoms with Crippen LogP contribution in [0.5, 0.6) is 12.0 Å². The van der Waals surface area contributed by atoms with Gasteiger partial charge in [0.25, 0.3) is 0 Å². The number of anilines is 2. The second-order valence-electron chi connectivity index (χ2n) is 5.84. The minimum atomic E-state index is -1.09. The molecule has 0 saturated heterocycles. The molecule has 0 fully saturated rings. The van der Waals surface area contributed by atoms with E-state index in [9.17, 15) is 9.59 Å². The Morgan fingerprint density at radius 3 is 1.41 bits per heavy atom. The van der Waals surface area contributed by atoms with E-state index in [-0.39, 0.29) is 87.2 Å². The third-order valence-corrected chi connectivity index (χ3v) is 3.60. The van der Waals surface area contributed by atoms with Gasteiger partial charge in [0.1, 0.15) is 26.3 Å². The summed E-state index contributed by atoms with van der Waals surface area (Å²) >= 11 is 11.5. The van der Waals surface area contributed by atoms with E-state index >= 15 is 0 Å². The highest BCUT2D eigenvalue weighted by molar-refractivity contribution is 6.28. The van der Waals surface area contributed by atoms with E-state index in [4.69, 9.17) is 52.4 Å². The summed E-state index contributed by atoms with van der Waals surface area (Å²) in [5.74, 6) is -2.23. The molecule has 4 N–H and O–H groups in total. The lowest BCUT2D eigenvalue weighted by molar-refractivity contribution is -0.136. The van der Waals surface area contributed by atoms with E-state index in [1.807, 2.05) is 0 Å². The smallest absolute Gasteiger partial charge is 0.322 e. The van der Waals surface area contributed by atoms with Crippen molar-refractivity contribution < 1.29 is 38.7 Å². The number of hydrogen-bond donors (Lipinski definition) is 4. The van der Waals surface area contributed by atoms with E-state index in [1.54, 1.807) is 0 Å². The summed E-state index contributed by atoms with van der Waals surface area (Å²) in [6.07, 6.45) is 0. The molecule has 186 valence electrons. The van der Waals surface area contributed by atoms with E-state index in [0.29, 0.717) is 0 Å². The largest absolute Gasteiger partial charge is 0.480 e. The van der Waals surface area contributed by atoms with Crippen LogP contribution in [0.1, 0.15) is 0 Å². The molecule has 2 rings (SSSR count). The molecular weight excluding hydrogens is 503 g/mol. The third kappa shape index (κ3) is 11.5. The van der Waals surface area contributed by atoms with Crippen LogP contribution in [-0.4, -0.2) is 105 Å². The zero-order valence-electron chi connectivity index (χ0n) is 17.4. The number of carbonyl (C=O) groups is 2. The molecule has 34 heavy (non-hydrogen) atoms. The van der Waals surface area contributed by atoms with Crippen LogP contribution >= 0.6 is 23.2 Å². The summed E-state index contributed by atoms with van der Waals surface area (Å²) in [6.45, 7) is 0.402. The van der Waals surface area contributed by atoms with Gasteiger partial charge in [0.05, 0.1) is 26.4 Å². The molecule has 0 unspecified atom stereocenters. The fourth-order valence-corrected chi connectivity index (χ4v) is 2.27. The lowest BCUT2D eigenvalue weighted by atomic mass is 10.6. The van der Waals surface area contributed by atoms with Crippen molar-refractivity contribution >= 4 is 47.0 Å². The summed E-state index contributed by atoms with van der Waals surface area (Å²) in [6, 6.07) is -0.158. The number of aliphatic carboxylic acids is 2. The monoisotopic (exact) mass is 522 g/mol. The van der Waals surface area contributed by atoms with Gasteiger partial charge in [-0.3, -0.25) is 9.59 Å². The molecule has 0 spiro atoms. The van der Waals surface area contributed by atoms with Crippen molar-refractivity contribution in [2.45, 2.75) is 0 Å². The zero-order chi connectivity index (χ0) is 24.8. The second kappa shape index (κ2) is 14.7.